The first kappa shape index (κ1) is 13.6. The van der Waals surface area contributed by atoms with Crippen molar-refractivity contribution in [1.29, 1.82) is 0 Å². The van der Waals surface area contributed by atoms with E-state index in [0.717, 1.165) is 5.39 Å². The van der Waals surface area contributed by atoms with Gasteiger partial charge in [-0.15, -0.1) is 0 Å². The van der Waals surface area contributed by atoms with E-state index < -0.39 is 18.3 Å². The predicted octanol–water partition coefficient (Wildman–Crippen LogP) is 3.28. The first-order valence-electron chi connectivity index (χ1n) is 6.85. The maximum atomic E-state index is 14.7. The van der Waals surface area contributed by atoms with Crippen molar-refractivity contribution >= 4 is 23.4 Å². The van der Waals surface area contributed by atoms with Crippen LogP contribution in [-0.4, -0.2) is 18.3 Å². The van der Waals surface area contributed by atoms with Crippen molar-refractivity contribution in [2.75, 3.05) is 0 Å². The summed E-state index contributed by atoms with van der Waals surface area (Å²) in [6.45, 7) is 7.86. The lowest BCUT2D eigenvalue weighted by atomic mass is 9.77. The van der Waals surface area contributed by atoms with Crippen molar-refractivity contribution in [2.24, 2.45) is 0 Å². The first-order valence-corrected chi connectivity index (χ1v) is 6.85. The molecule has 2 aromatic carbocycles. The van der Waals surface area contributed by atoms with Gasteiger partial charge in [-0.3, -0.25) is 0 Å². The van der Waals surface area contributed by atoms with Crippen molar-refractivity contribution in [1.82, 2.24) is 0 Å². The monoisotopic (exact) mass is 272 g/mol. The summed E-state index contributed by atoms with van der Waals surface area (Å²) < 4.78 is 26.5. The van der Waals surface area contributed by atoms with Gasteiger partial charge in [-0.05, 0) is 33.1 Å². The molecule has 20 heavy (non-hydrogen) atoms. The fourth-order valence-electron chi connectivity index (χ4n) is 2.40. The molecule has 0 saturated carbocycles. The standard InChI is InChI=1S/C16H18BFO2/c1-15(2)16(3,4)20-17(19-15)13-10-9-11-7-5-6-8-12(11)14(13)18/h5-10H,1-4H3. The molecule has 0 unspecified atom stereocenters. The first-order chi connectivity index (χ1) is 9.32. The molecule has 0 spiro atoms. The topological polar surface area (TPSA) is 18.5 Å². The molecule has 2 nitrogen and oxygen atoms in total. The highest BCUT2D eigenvalue weighted by Crippen LogP contribution is 2.36. The summed E-state index contributed by atoms with van der Waals surface area (Å²) in [5.74, 6) is -0.262. The molecular weight excluding hydrogens is 254 g/mol. The molecule has 4 heteroatoms. The lowest BCUT2D eigenvalue weighted by Gasteiger charge is -2.32. The van der Waals surface area contributed by atoms with Gasteiger partial charge in [0.1, 0.15) is 5.82 Å². The van der Waals surface area contributed by atoms with Crippen molar-refractivity contribution in [3.05, 3.63) is 42.2 Å². The molecule has 1 aliphatic rings. The van der Waals surface area contributed by atoms with Crippen LogP contribution in [0.25, 0.3) is 10.8 Å². The smallest absolute Gasteiger partial charge is 0.399 e. The lowest BCUT2D eigenvalue weighted by molar-refractivity contribution is 0.00578. The van der Waals surface area contributed by atoms with Crippen LogP contribution < -0.4 is 5.46 Å². The van der Waals surface area contributed by atoms with Gasteiger partial charge in [0.25, 0.3) is 0 Å². The molecule has 1 aliphatic heterocycles. The van der Waals surface area contributed by atoms with E-state index in [2.05, 4.69) is 0 Å². The lowest BCUT2D eigenvalue weighted by Crippen LogP contribution is -2.41. The maximum absolute atomic E-state index is 14.7. The van der Waals surface area contributed by atoms with E-state index in [0.29, 0.717) is 10.8 Å². The predicted molar refractivity (Wildman–Crippen MR) is 79.6 cm³/mol. The molecule has 2 aromatic rings. The highest BCUT2D eigenvalue weighted by atomic mass is 19.1. The van der Waals surface area contributed by atoms with Crippen molar-refractivity contribution < 1.29 is 13.7 Å². The second-order valence-electron chi connectivity index (χ2n) is 6.28. The van der Waals surface area contributed by atoms with Crippen LogP contribution in [0.1, 0.15) is 27.7 Å². The molecule has 1 heterocycles. The summed E-state index contributed by atoms with van der Waals surface area (Å²) in [5.41, 5.74) is -0.465. The van der Waals surface area contributed by atoms with Crippen LogP contribution in [-0.2, 0) is 9.31 Å². The molecule has 0 atom stereocenters. The van der Waals surface area contributed by atoms with E-state index in [9.17, 15) is 4.39 Å². The Morgan fingerprint density at radius 1 is 0.900 bits per heavy atom. The molecular formula is C16H18BFO2. The zero-order chi connectivity index (χ0) is 14.5. The van der Waals surface area contributed by atoms with Crippen LogP contribution in [0.4, 0.5) is 4.39 Å². The third-order valence-electron chi connectivity index (χ3n) is 4.40. The number of halogens is 1. The zero-order valence-corrected chi connectivity index (χ0v) is 12.2. The van der Waals surface area contributed by atoms with E-state index in [1.54, 1.807) is 12.1 Å². The minimum Gasteiger partial charge on any atom is -0.399 e. The van der Waals surface area contributed by atoms with Crippen molar-refractivity contribution in [2.45, 2.75) is 38.9 Å². The summed E-state index contributed by atoms with van der Waals surface area (Å²) in [6, 6.07) is 11.1. The Hall–Kier alpha value is -1.39. The van der Waals surface area contributed by atoms with Gasteiger partial charge >= 0.3 is 7.12 Å². The number of fused-ring (bicyclic) bond motifs is 1. The highest BCUT2D eigenvalue weighted by Gasteiger charge is 2.52. The van der Waals surface area contributed by atoms with E-state index in [4.69, 9.17) is 9.31 Å². The van der Waals surface area contributed by atoms with Gasteiger partial charge in [-0.2, -0.15) is 0 Å². The van der Waals surface area contributed by atoms with Gasteiger partial charge in [0.05, 0.1) is 11.2 Å². The third kappa shape index (κ3) is 1.95. The highest BCUT2D eigenvalue weighted by molar-refractivity contribution is 6.62. The molecule has 1 saturated heterocycles. The fourth-order valence-corrected chi connectivity index (χ4v) is 2.40. The molecule has 0 radical (unpaired) electrons. The van der Waals surface area contributed by atoms with Crippen molar-refractivity contribution in [3.63, 3.8) is 0 Å². The molecule has 0 aromatic heterocycles. The van der Waals surface area contributed by atoms with Gasteiger partial charge in [0.2, 0.25) is 0 Å². The Morgan fingerprint density at radius 2 is 1.50 bits per heavy atom. The number of hydrogen-bond acceptors (Lipinski definition) is 2. The third-order valence-corrected chi connectivity index (χ3v) is 4.40. The minimum atomic E-state index is -0.662. The van der Waals surface area contributed by atoms with Crippen LogP contribution in [0.2, 0.25) is 0 Å². The second kappa shape index (κ2) is 4.30. The summed E-state index contributed by atoms with van der Waals surface area (Å²) in [7, 11) is -0.662. The summed E-state index contributed by atoms with van der Waals surface area (Å²) >= 11 is 0. The molecule has 0 N–H and O–H groups in total. The quantitative estimate of drug-likeness (QED) is 0.742. The Balaban J connectivity index is 2.06. The molecule has 0 bridgehead atoms. The van der Waals surface area contributed by atoms with Gasteiger partial charge in [0, 0.05) is 10.8 Å². The normalized spacial score (nSPS) is 20.6. The van der Waals surface area contributed by atoms with Crippen molar-refractivity contribution in [3.8, 4) is 0 Å². The Labute approximate surface area is 119 Å². The summed E-state index contributed by atoms with van der Waals surface area (Å²) in [6.07, 6.45) is 0. The van der Waals surface area contributed by atoms with Crippen LogP contribution in [0, 0.1) is 5.82 Å². The number of hydrogen-bond donors (Lipinski definition) is 0. The Bertz CT molecular complexity index is 651. The average molecular weight is 272 g/mol. The Morgan fingerprint density at radius 3 is 2.15 bits per heavy atom. The van der Waals surface area contributed by atoms with E-state index >= 15 is 0 Å². The summed E-state index contributed by atoms with van der Waals surface area (Å²) in [5, 5.41) is 1.48. The summed E-state index contributed by atoms with van der Waals surface area (Å²) in [4.78, 5) is 0. The molecule has 0 amide bonds. The van der Waals surface area contributed by atoms with Crippen LogP contribution in [0.5, 0.6) is 0 Å². The van der Waals surface area contributed by atoms with Crippen LogP contribution in [0.15, 0.2) is 36.4 Å². The number of rotatable bonds is 1. The average Bonchev–Trinajstić information content (AvgIpc) is 2.59. The minimum absolute atomic E-state index is 0.262. The zero-order valence-electron chi connectivity index (χ0n) is 12.2. The van der Waals surface area contributed by atoms with Gasteiger partial charge in [-0.1, -0.05) is 36.4 Å². The SMILES string of the molecule is CC1(C)OB(c2ccc3ccccc3c2F)OC1(C)C. The van der Waals surface area contributed by atoms with E-state index in [1.807, 2.05) is 52.0 Å². The van der Waals surface area contributed by atoms with Crippen LogP contribution in [0.3, 0.4) is 0 Å². The second-order valence-corrected chi connectivity index (χ2v) is 6.28. The number of benzene rings is 2. The van der Waals surface area contributed by atoms with E-state index in [-0.39, 0.29) is 5.82 Å². The fraction of sp³-hybridized carbons (Fsp3) is 0.375. The van der Waals surface area contributed by atoms with E-state index in [1.165, 1.54) is 0 Å². The van der Waals surface area contributed by atoms with Gasteiger partial charge < -0.3 is 9.31 Å². The Kier molecular flexibility index (Phi) is 2.92. The molecule has 0 aliphatic carbocycles. The molecule has 1 fully saturated rings. The largest absolute Gasteiger partial charge is 0.497 e. The van der Waals surface area contributed by atoms with Gasteiger partial charge in [-0.25, -0.2) is 4.39 Å². The van der Waals surface area contributed by atoms with Crippen LogP contribution >= 0.6 is 0 Å². The maximum Gasteiger partial charge on any atom is 0.497 e. The van der Waals surface area contributed by atoms with Gasteiger partial charge in [0.15, 0.2) is 0 Å². The molecule has 3 rings (SSSR count). The molecule has 104 valence electrons.